The van der Waals surface area contributed by atoms with Crippen molar-refractivity contribution >= 4 is 32.7 Å². The molecular formula is C15H16BrN3O. The second-order valence-corrected chi connectivity index (χ2v) is 6.71. The Kier molecular flexibility index (Phi) is 2.84. The molecule has 4 nitrogen and oxygen atoms in total. The van der Waals surface area contributed by atoms with Crippen LogP contribution in [0.5, 0.6) is 0 Å². The summed E-state index contributed by atoms with van der Waals surface area (Å²) in [5.41, 5.74) is 2.91. The number of nitrogens with zero attached hydrogens (tertiary/aromatic N) is 2. The van der Waals surface area contributed by atoms with Crippen molar-refractivity contribution in [1.82, 2.24) is 9.97 Å². The van der Waals surface area contributed by atoms with Crippen LogP contribution in [0.25, 0.3) is 11.0 Å². The van der Waals surface area contributed by atoms with Crippen LogP contribution in [0.4, 0.5) is 0 Å². The Balaban J connectivity index is 1.63. The molecule has 5 heteroatoms. The number of fused-ring (bicyclic) bond motifs is 1. The van der Waals surface area contributed by atoms with Crippen molar-refractivity contribution in [3.05, 3.63) is 28.5 Å². The molecule has 1 aliphatic heterocycles. The number of aromatic nitrogens is 2. The maximum Gasteiger partial charge on any atom is 0.156 e. The fourth-order valence-corrected chi connectivity index (χ4v) is 3.59. The van der Waals surface area contributed by atoms with E-state index in [1.165, 1.54) is 19.3 Å². The van der Waals surface area contributed by atoms with Crippen LogP contribution < -0.4 is 0 Å². The van der Waals surface area contributed by atoms with Crippen molar-refractivity contribution in [1.29, 1.82) is 0 Å². The molecule has 1 aromatic carbocycles. The van der Waals surface area contributed by atoms with E-state index in [2.05, 4.69) is 31.1 Å². The van der Waals surface area contributed by atoms with E-state index in [-0.39, 0.29) is 5.60 Å². The van der Waals surface area contributed by atoms with Crippen LogP contribution >= 0.6 is 15.9 Å². The highest BCUT2D eigenvalue weighted by atomic mass is 79.9. The molecule has 2 aromatic rings. The average Bonchev–Trinajstić information content (AvgIpc) is 3.04. The Bertz CT molecular complexity index is 685. The summed E-state index contributed by atoms with van der Waals surface area (Å²) in [5, 5.41) is 4.31. The molecule has 0 saturated heterocycles. The number of nitrogens with one attached hydrogen (secondary N) is 1. The largest absolute Gasteiger partial charge is 0.388 e. The number of H-pyrrole nitrogens is 1. The number of imidazole rings is 1. The molecular weight excluding hydrogens is 318 g/mol. The molecule has 1 saturated carbocycles. The SMILES string of the molecule is Brc1ccc2nc(C3=NOC4(CCCCC4)C3)[nH]c2c1. The van der Waals surface area contributed by atoms with Gasteiger partial charge in [-0.1, -0.05) is 27.5 Å². The Morgan fingerprint density at radius 1 is 1.20 bits per heavy atom. The summed E-state index contributed by atoms with van der Waals surface area (Å²) in [7, 11) is 0. The average molecular weight is 334 g/mol. The number of oxime groups is 1. The quantitative estimate of drug-likeness (QED) is 0.852. The first-order chi connectivity index (χ1) is 9.74. The van der Waals surface area contributed by atoms with Gasteiger partial charge in [0.2, 0.25) is 0 Å². The summed E-state index contributed by atoms with van der Waals surface area (Å²) in [6.45, 7) is 0. The first-order valence-corrected chi connectivity index (χ1v) is 7.94. The predicted molar refractivity (Wildman–Crippen MR) is 81.8 cm³/mol. The van der Waals surface area contributed by atoms with Gasteiger partial charge in [-0.15, -0.1) is 0 Å². The summed E-state index contributed by atoms with van der Waals surface area (Å²) in [5.74, 6) is 0.848. The standard InChI is InChI=1S/C15H16BrN3O/c16-10-4-5-11-12(8-10)18-14(17-11)13-9-15(20-19-13)6-2-1-3-7-15/h4-5,8H,1-3,6-7,9H2,(H,17,18). The molecule has 1 aromatic heterocycles. The molecule has 1 spiro atoms. The van der Waals surface area contributed by atoms with Crippen molar-refractivity contribution < 1.29 is 4.84 Å². The zero-order valence-corrected chi connectivity index (χ0v) is 12.7. The van der Waals surface area contributed by atoms with E-state index in [9.17, 15) is 0 Å². The van der Waals surface area contributed by atoms with E-state index in [1.54, 1.807) is 0 Å². The zero-order valence-electron chi connectivity index (χ0n) is 11.2. The Labute approximate surface area is 125 Å². The van der Waals surface area contributed by atoms with Gasteiger partial charge in [0.1, 0.15) is 11.3 Å². The van der Waals surface area contributed by atoms with Crippen molar-refractivity contribution in [3.8, 4) is 0 Å². The number of rotatable bonds is 1. The molecule has 0 amide bonds. The number of halogens is 1. The molecule has 20 heavy (non-hydrogen) atoms. The molecule has 2 aliphatic rings. The lowest BCUT2D eigenvalue weighted by Crippen LogP contribution is -2.31. The molecule has 1 aliphatic carbocycles. The van der Waals surface area contributed by atoms with Gasteiger partial charge in [-0.25, -0.2) is 4.98 Å². The lowest BCUT2D eigenvalue weighted by Gasteiger charge is -2.30. The van der Waals surface area contributed by atoms with Crippen molar-refractivity contribution in [3.63, 3.8) is 0 Å². The van der Waals surface area contributed by atoms with Crippen LogP contribution in [-0.2, 0) is 4.84 Å². The first-order valence-electron chi connectivity index (χ1n) is 7.15. The van der Waals surface area contributed by atoms with Gasteiger partial charge < -0.3 is 9.82 Å². The molecule has 0 bridgehead atoms. The number of benzene rings is 1. The Morgan fingerprint density at radius 2 is 2.05 bits per heavy atom. The van der Waals surface area contributed by atoms with Gasteiger partial charge >= 0.3 is 0 Å². The van der Waals surface area contributed by atoms with Crippen LogP contribution in [0.2, 0.25) is 0 Å². The van der Waals surface area contributed by atoms with Gasteiger partial charge in [-0.3, -0.25) is 0 Å². The fourth-order valence-electron chi connectivity index (χ4n) is 3.23. The van der Waals surface area contributed by atoms with Gasteiger partial charge in [-0.05, 0) is 43.9 Å². The number of hydrogen-bond donors (Lipinski definition) is 1. The minimum atomic E-state index is -0.0485. The van der Waals surface area contributed by atoms with E-state index in [0.717, 1.165) is 46.3 Å². The van der Waals surface area contributed by atoms with Gasteiger partial charge in [0, 0.05) is 10.9 Å². The second-order valence-electron chi connectivity index (χ2n) is 5.80. The van der Waals surface area contributed by atoms with Gasteiger partial charge in [0.25, 0.3) is 0 Å². The molecule has 104 valence electrons. The normalized spacial score (nSPS) is 21.1. The van der Waals surface area contributed by atoms with Gasteiger partial charge in [0.15, 0.2) is 5.82 Å². The monoisotopic (exact) mass is 333 g/mol. The molecule has 0 unspecified atom stereocenters. The maximum atomic E-state index is 5.79. The summed E-state index contributed by atoms with van der Waals surface area (Å²) >= 11 is 3.48. The fraction of sp³-hybridized carbons (Fsp3) is 0.467. The summed E-state index contributed by atoms with van der Waals surface area (Å²) in [6.07, 6.45) is 6.93. The van der Waals surface area contributed by atoms with E-state index >= 15 is 0 Å². The van der Waals surface area contributed by atoms with Gasteiger partial charge in [-0.2, -0.15) is 0 Å². The third-order valence-electron chi connectivity index (χ3n) is 4.32. The predicted octanol–water partition coefficient (Wildman–Crippen LogP) is 4.15. The lowest BCUT2D eigenvalue weighted by atomic mass is 9.81. The third kappa shape index (κ3) is 2.04. The Hall–Kier alpha value is -1.36. The first kappa shape index (κ1) is 12.4. The third-order valence-corrected chi connectivity index (χ3v) is 4.81. The molecule has 1 fully saturated rings. The van der Waals surface area contributed by atoms with Crippen LogP contribution in [0, 0.1) is 0 Å². The topological polar surface area (TPSA) is 50.3 Å². The smallest absolute Gasteiger partial charge is 0.156 e. The Morgan fingerprint density at radius 3 is 2.90 bits per heavy atom. The van der Waals surface area contributed by atoms with Crippen LogP contribution in [0.3, 0.4) is 0 Å². The van der Waals surface area contributed by atoms with E-state index < -0.39 is 0 Å². The van der Waals surface area contributed by atoms with E-state index in [1.807, 2.05) is 18.2 Å². The van der Waals surface area contributed by atoms with E-state index in [4.69, 9.17) is 4.84 Å². The second kappa shape index (κ2) is 4.58. The number of aromatic amines is 1. The van der Waals surface area contributed by atoms with E-state index in [0.29, 0.717) is 0 Å². The lowest BCUT2D eigenvalue weighted by molar-refractivity contribution is -0.0449. The highest BCUT2D eigenvalue weighted by Crippen LogP contribution is 2.39. The zero-order chi connectivity index (χ0) is 13.6. The maximum absolute atomic E-state index is 5.79. The minimum Gasteiger partial charge on any atom is -0.388 e. The molecule has 0 radical (unpaired) electrons. The van der Waals surface area contributed by atoms with Crippen LogP contribution in [0.1, 0.15) is 44.3 Å². The van der Waals surface area contributed by atoms with Crippen LogP contribution in [-0.4, -0.2) is 21.3 Å². The molecule has 4 rings (SSSR count). The van der Waals surface area contributed by atoms with Crippen LogP contribution in [0.15, 0.2) is 27.8 Å². The highest BCUT2D eigenvalue weighted by Gasteiger charge is 2.41. The van der Waals surface area contributed by atoms with Crippen molar-refractivity contribution in [2.45, 2.75) is 44.1 Å². The van der Waals surface area contributed by atoms with Crippen molar-refractivity contribution in [2.75, 3.05) is 0 Å². The summed E-state index contributed by atoms with van der Waals surface area (Å²) in [4.78, 5) is 13.8. The van der Waals surface area contributed by atoms with Gasteiger partial charge in [0.05, 0.1) is 11.0 Å². The molecule has 0 atom stereocenters. The summed E-state index contributed by atoms with van der Waals surface area (Å²) < 4.78 is 1.05. The molecule has 1 N–H and O–H groups in total. The highest BCUT2D eigenvalue weighted by molar-refractivity contribution is 9.10. The molecule has 2 heterocycles. The van der Waals surface area contributed by atoms with Crippen molar-refractivity contribution in [2.24, 2.45) is 5.16 Å². The summed E-state index contributed by atoms with van der Waals surface area (Å²) in [6, 6.07) is 6.05. The number of hydrogen-bond acceptors (Lipinski definition) is 3. The minimum absolute atomic E-state index is 0.0485.